The molecule has 0 aromatic heterocycles. The molecule has 0 amide bonds. The molecule has 104 valence electrons. The van der Waals surface area contributed by atoms with Gasteiger partial charge in [-0.15, -0.1) is 0 Å². The molecule has 0 unspecified atom stereocenters. The first-order valence-corrected chi connectivity index (χ1v) is 7.33. The Morgan fingerprint density at radius 3 is 2.74 bits per heavy atom. The molecule has 0 saturated carbocycles. The van der Waals surface area contributed by atoms with Crippen LogP contribution in [0.25, 0.3) is 0 Å². The summed E-state index contributed by atoms with van der Waals surface area (Å²) < 4.78 is 5.69. The van der Waals surface area contributed by atoms with Gasteiger partial charge in [-0.05, 0) is 38.1 Å². The first-order valence-electron chi connectivity index (χ1n) is 7.33. The predicted octanol–water partition coefficient (Wildman–Crippen LogP) is 1.95. The van der Waals surface area contributed by atoms with Crippen molar-refractivity contribution in [1.82, 2.24) is 4.90 Å². The van der Waals surface area contributed by atoms with Gasteiger partial charge in [0.1, 0.15) is 18.0 Å². The normalized spacial score (nSPS) is 19.9. The van der Waals surface area contributed by atoms with Gasteiger partial charge in [-0.25, -0.2) is 0 Å². The van der Waals surface area contributed by atoms with E-state index in [1.165, 1.54) is 32.4 Å². The zero-order chi connectivity index (χ0) is 13.1. The Morgan fingerprint density at radius 2 is 1.89 bits per heavy atom. The van der Waals surface area contributed by atoms with Gasteiger partial charge >= 0.3 is 0 Å². The maximum Gasteiger partial charge on any atom is 0.144 e. The number of nitrogens with two attached hydrogens (primary N) is 1. The Balaban J connectivity index is 1.66. The van der Waals surface area contributed by atoms with Crippen LogP contribution in [0.3, 0.4) is 0 Å². The Bertz CT molecular complexity index is 429. The zero-order valence-corrected chi connectivity index (χ0v) is 11.5. The third-order valence-corrected chi connectivity index (χ3v) is 4.10. The summed E-state index contributed by atoms with van der Waals surface area (Å²) in [6.45, 7) is 6.38. The molecule has 4 nitrogen and oxygen atoms in total. The highest BCUT2D eigenvalue weighted by Gasteiger charge is 2.21. The van der Waals surface area contributed by atoms with Gasteiger partial charge in [0.25, 0.3) is 0 Å². The predicted molar refractivity (Wildman–Crippen MR) is 78.9 cm³/mol. The molecule has 0 aliphatic carbocycles. The number of para-hydroxylation sites is 1. The van der Waals surface area contributed by atoms with E-state index in [-0.39, 0.29) is 0 Å². The second-order valence-corrected chi connectivity index (χ2v) is 5.43. The first kappa shape index (κ1) is 12.6. The molecule has 1 aromatic carbocycles. The van der Waals surface area contributed by atoms with Crippen molar-refractivity contribution in [3.05, 3.63) is 18.2 Å². The number of hydrogen-bond donors (Lipinski definition) is 1. The highest BCUT2D eigenvalue weighted by molar-refractivity contribution is 5.75. The van der Waals surface area contributed by atoms with Gasteiger partial charge in [-0.2, -0.15) is 0 Å². The van der Waals surface area contributed by atoms with Crippen molar-refractivity contribution in [2.45, 2.75) is 19.3 Å². The van der Waals surface area contributed by atoms with Crippen molar-refractivity contribution in [3.63, 3.8) is 0 Å². The number of benzene rings is 1. The minimum atomic E-state index is 0.760. The molecule has 0 atom stereocenters. The minimum absolute atomic E-state index is 0.760. The van der Waals surface area contributed by atoms with Crippen molar-refractivity contribution in [3.8, 4) is 5.75 Å². The number of hydrogen-bond acceptors (Lipinski definition) is 4. The number of likely N-dealkylation sites (tertiary alicyclic amines) is 1. The van der Waals surface area contributed by atoms with Crippen molar-refractivity contribution in [2.24, 2.45) is 0 Å². The standard InChI is InChI=1S/C15H23N3O/c16-13-5-4-6-14-15(13)18(11-12-19-14)10-9-17-7-2-1-3-8-17/h4-6H,1-3,7-12,16H2. The van der Waals surface area contributed by atoms with Gasteiger partial charge in [-0.3, -0.25) is 0 Å². The average molecular weight is 261 g/mol. The fourth-order valence-corrected chi connectivity index (χ4v) is 3.04. The summed E-state index contributed by atoms with van der Waals surface area (Å²) in [4.78, 5) is 4.94. The summed E-state index contributed by atoms with van der Waals surface area (Å²) in [5.41, 5.74) is 8.02. The van der Waals surface area contributed by atoms with Crippen LogP contribution in [0.2, 0.25) is 0 Å². The van der Waals surface area contributed by atoms with Crippen LogP contribution in [-0.2, 0) is 0 Å². The van der Waals surface area contributed by atoms with E-state index in [9.17, 15) is 0 Å². The van der Waals surface area contributed by atoms with Crippen LogP contribution in [0.15, 0.2) is 18.2 Å². The lowest BCUT2D eigenvalue weighted by Crippen LogP contribution is -2.41. The van der Waals surface area contributed by atoms with Crippen molar-refractivity contribution in [1.29, 1.82) is 0 Å². The van der Waals surface area contributed by atoms with Gasteiger partial charge in [0.15, 0.2) is 0 Å². The lowest BCUT2D eigenvalue weighted by Gasteiger charge is -2.35. The van der Waals surface area contributed by atoms with Crippen LogP contribution in [-0.4, -0.2) is 44.2 Å². The highest BCUT2D eigenvalue weighted by Crippen LogP contribution is 2.36. The number of piperidine rings is 1. The molecular formula is C15H23N3O. The van der Waals surface area contributed by atoms with E-state index in [1.54, 1.807) is 0 Å². The van der Waals surface area contributed by atoms with E-state index < -0.39 is 0 Å². The number of nitrogens with zero attached hydrogens (tertiary/aromatic N) is 2. The monoisotopic (exact) mass is 261 g/mol. The smallest absolute Gasteiger partial charge is 0.144 e. The Hall–Kier alpha value is -1.42. The van der Waals surface area contributed by atoms with E-state index in [1.807, 2.05) is 18.2 Å². The first-order chi connectivity index (χ1) is 9.34. The fraction of sp³-hybridized carbons (Fsp3) is 0.600. The molecule has 19 heavy (non-hydrogen) atoms. The lowest BCUT2D eigenvalue weighted by molar-refractivity contribution is 0.229. The maximum absolute atomic E-state index is 6.11. The average Bonchev–Trinajstić information content (AvgIpc) is 2.46. The summed E-state index contributed by atoms with van der Waals surface area (Å²) in [5.74, 6) is 0.935. The number of nitrogen functional groups attached to an aromatic ring is 1. The van der Waals surface area contributed by atoms with Crippen LogP contribution in [0.4, 0.5) is 11.4 Å². The molecule has 1 aromatic rings. The molecule has 1 saturated heterocycles. The second kappa shape index (κ2) is 5.70. The number of fused-ring (bicyclic) bond motifs is 1. The van der Waals surface area contributed by atoms with E-state index >= 15 is 0 Å². The van der Waals surface area contributed by atoms with Gasteiger partial charge in [0.2, 0.25) is 0 Å². The third-order valence-electron chi connectivity index (χ3n) is 4.10. The molecule has 0 radical (unpaired) electrons. The summed E-state index contributed by atoms with van der Waals surface area (Å²) >= 11 is 0. The van der Waals surface area contributed by atoms with E-state index in [0.717, 1.165) is 43.4 Å². The molecular weight excluding hydrogens is 238 g/mol. The Morgan fingerprint density at radius 1 is 1.05 bits per heavy atom. The zero-order valence-electron chi connectivity index (χ0n) is 11.5. The molecule has 2 N–H and O–H groups in total. The quantitative estimate of drug-likeness (QED) is 0.845. The third kappa shape index (κ3) is 2.78. The molecule has 2 aliphatic heterocycles. The topological polar surface area (TPSA) is 41.7 Å². The molecule has 0 spiro atoms. The van der Waals surface area contributed by atoms with Crippen molar-refractivity contribution in [2.75, 3.05) is 50.0 Å². The second-order valence-electron chi connectivity index (χ2n) is 5.43. The molecule has 4 heteroatoms. The van der Waals surface area contributed by atoms with E-state index in [2.05, 4.69) is 9.80 Å². The van der Waals surface area contributed by atoms with Gasteiger partial charge in [0.05, 0.1) is 12.2 Å². The lowest BCUT2D eigenvalue weighted by atomic mass is 10.1. The van der Waals surface area contributed by atoms with Gasteiger partial charge in [-0.1, -0.05) is 12.5 Å². The molecule has 1 fully saturated rings. The highest BCUT2D eigenvalue weighted by atomic mass is 16.5. The van der Waals surface area contributed by atoms with Crippen LogP contribution in [0.5, 0.6) is 5.75 Å². The van der Waals surface area contributed by atoms with E-state index in [0.29, 0.717) is 0 Å². The fourth-order valence-electron chi connectivity index (χ4n) is 3.04. The van der Waals surface area contributed by atoms with Crippen LogP contribution >= 0.6 is 0 Å². The molecule has 2 heterocycles. The van der Waals surface area contributed by atoms with Crippen molar-refractivity contribution >= 4 is 11.4 Å². The molecule has 0 bridgehead atoms. The number of rotatable bonds is 3. The minimum Gasteiger partial charge on any atom is -0.489 e. The maximum atomic E-state index is 6.11. The van der Waals surface area contributed by atoms with Crippen LogP contribution in [0.1, 0.15) is 19.3 Å². The number of anilines is 2. The molecule has 3 rings (SSSR count). The summed E-state index contributed by atoms with van der Waals surface area (Å²) in [6, 6.07) is 5.93. The summed E-state index contributed by atoms with van der Waals surface area (Å²) in [5, 5.41) is 0. The van der Waals surface area contributed by atoms with Gasteiger partial charge < -0.3 is 20.3 Å². The molecule has 2 aliphatic rings. The van der Waals surface area contributed by atoms with E-state index in [4.69, 9.17) is 10.5 Å². The summed E-state index contributed by atoms with van der Waals surface area (Å²) in [6.07, 6.45) is 4.09. The van der Waals surface area contributed by atoms with Crippen LogP contribution < -0.4 is 15.4 Å². The number of ether oxygens (including phenoxy) is 1. The Kier molecular flexibility index (Phi) is 3.78. The Labute approximate surface area is 115 Å². The van der Waals surface area contributed by atoms with Gasteiger partial charge in [0, 0.05) is 13.1 Å². The van der Waals surface area contributed by atoms with Crippen molar-refractivity contribution < 1.29 is 4.74 Å². The van der Waals surface area contributed by atoms with Crippen LogP contribution in [0, 0.1) is 0 Å². The largest absolute Gasteiger partial charge is 0.489 e. The summed E-state index contributed by atoms with van der Waals surface area (Å²) in [7, 11) is 0. The SMILES string of the molecule is Nc1cccc2c1N(CCN1CCCCC1)CCO2.